The Labute approximate surface area is 220 Å². The lowest BCUT2D eigenvalue weighted by atomic mass is 9.93. The summed E-state index contributed by atoms with van der Waals surface area (Å²) >= 11 is 1.62. The highest BCUT2D eigenvalue weighted by molar-refractivity contribution is 7.15. The molecule has 0 bridgehead atoms. The van der Waals surface area contributed by atoms with Gasteiger partial charge in [0.15, 0.2) is 0 Å². The van der Waals surface area contributed by atoms with Gasteiger partial charge in [0.1, 0.15) is 10.6 Å². The van der Waals surface area contributed by atoms with Crippen LogP contribution in [0.25, 0.3) is 11.1 Å². The second-order valence-corrected chi connectivity index (χ2v) is 11.1. The van der Waals surface area contributed by atoms with Crippen molar-refractivity contribution in [1.29, 1.82) is 0 Å². The maximum atomic E-state index is 13.4. The SMILES string of the molecule is CCOC(=O)c1c(-n2c(C)cc(/C=C3\C(=O)NC(=O)N(C4CCCCC4)C3=O)c2C)sc2c1CCCC2. The van der Waals surface area contributed by atoms with E-state index in [9.17, 15) is 19.2 Å². The average molecular weight is 524 g/mol. The number of amides is 4. The molecule has 0 aromatic carbocycles. The molecule has 0 unspecified atom stereocenters. The van der Waals surface area contributed by atoms with Crippen molar-refractivity contribution in [1.82, 2.24) is 14.8 Å². The van der Waals surface area contributed by atoms with Gasteiger partial charge in [-0.15, -0.1) is 11.3 Å². The summed E-state index contributed by atoms with van der Waals surface area (Å²) in [5.41, 5.74) is 4.08. The van der Waals surface area contributed by atoms with Gasteiger partial charge in [-0.1, -0.05) is 19.3 Å². The Kier molecular flexibility index (Phi) is 7.07. The lowest BCUT2D eigenvalue weighted by Gasteiger charge is -2.35. The average Bonchev–Trinajstić information content (AvgIpc) is 3.38. The van der Waals surface area contributed by atoms with E-state index in [-0.39, 0.29) is 17.6 Å². The van der Waals surface area contributed by atoms with E-state index in [1.165, 1.54) is 9.78 Å². The van der Waals surface area contributed by atoms with E-state index in [2.05, 4.69) is 5.32 Å². The third-order valence-corrected chi connectivity index (χ3v) is 8.96. The first-order valence-corrected chi connectivity index (χ1v) is 14.0. The molecule has 2 aromatic heterocycles. The van der Waals surface area contributed by atoms with Gasteiger partial charge in [0.2, 0.25) is 0 Å². The molecule has 2 aliphatic carbocycles. The van der Waals surface area contributed by atoms with Crippen molar-refractivity contribution in [2.75, 3.05) is 6.61 Å². The fourth-order valence-electron chi connectivity index (χ4n) is 5.87. The minimum atomic E-state index is -0.675. The Morgan fingerprint density at radius 2 is 1.84 bits per heavy atom. The van der Waals surface area contributed by atoms with E-state index >= 15 is 0 Å². The summed E-state index contributed by atoms with van der Waals surface area (Å²) in [6, 6.07) is 1.10. The van der Waals surface area contributed by atoms with Gasteiger partial charge in [-0.2, -0.15) is 0 Å². The van der Waals surface area contributed by atoms with Crippen LogP contribution < -0.4 is 5.32 Å². The van der Waals surface area contributed by atoms with E-state index in [0.717, 1.165) is 79.7 Å². The van der Waals surface area contributed by atoms with Gasteiger partial charge >= 0.3 is 12.0 Å². The zero-order valence-electron chi connectivity index (χ0n) is 21.6. The topological polar surface area (TPSA) is 97.7 Å². The number of aryl methyl sites for hydroxylation is 2. The number of urea groups is 1. The monoisotopic (exact) mass is 523 g/mol. The van der Waals surface area contributed by atoms with Crippen molar-refractivity contribution in [3.63, 3.8) is 0 Å². The van der Waals surface area contributed by atoms with E-state index in [1.54, 1.807) is 24.3 Å². The lowest BCUT2D eigenvalue weighted by Crippen LogP contribution is -2.58. The number of thiophene rings is 1. The van der Waals surface area contributed by atoms with Gasteiger partial charge < -0.3 is 9.30 Å². The molecule has 1 saturated heterocycles. The van der Waals surface area contributed by atoms with Crippen LogP contribution in [-0.4, -0.2) is 45.9 Å². The van der Waals surface area contributed by atoms with Crippen molar-refractivity contribution in [2.24, 2.45) is 0 Å². The first-order valence-electron chi connectivity index (χ1n) is 13.2. The van der Waals surface area contributed by atoms with Crippen LogP contribution in [0.1, 0.15) is 89.6 Å². The third kappa shape index (κ3) is 4.54. The summed E-state index contributed by atoms with van der Waals surface area (Å²) < 4.78 is 7.46. The van der Waals surface area contributed by atoms with Crippen molar-refractivity contribution in [3.8, 4) is 5.00 Å². The van der Waals surface area contributed by atoms with Crippen LogP contribution in [0, 0.1) is 13.8 Å². The van der Waals surface area contributed by atoms with E-state index in [4.69, 9.17) is 4.74 Å². The Balaban J connectivity index is 1.56. The summed E-state index contributed by atoms with van der Waals surface area (Å²) in [5, 5.41) is 3.19. The molecule has 0 spiro atoms. The summed E-state index contributed by atoms with van der Waals surface area (Å²) in [4.78, 5) is 54.2. The first kappa shape index (κ1) is 25.4. The van der Waals surface area contributed by atoms with Gasteiger partial charge in [0.25, 0.3) is 11.8 Å². The minimum absolute atomic E-state index is 0.0403. The molecule has 9 heteroatoms. The van der Waals surface area contributed by atoms with Crippen LogP contribution in [0.15, 0.2) is 11.6 Å². The predicted molar refractivity (Wildman–Crippen MR) is 141 cm³/mol. The molecule has 3 aliphatic rings. The number of hydrogen-bond donors (Lipinski definition) is 1. The maximum Gasteiger partial charge on any atom is 0.341 e. The molecule has 3 heterocycles. The van der Waals surface area contributed by atoms with Gasteiger partial charge in [0.05, 0.1) is 12.2 Å². The highest BCUT2D eigenvalue weighted by atomic mass is 32.1. The number of esters is 1. The number of barbiturate groups is 1. The van der Waals surface area contributed by atoms with Crippen LogP contribution in [-0.2, 0) is 27.2 Å². The number of aromatic nitrogens is 1. The Bertz CT molecular complexity index is 1310. The fourth-order valence-corrected chi connectivity index (χ4v) is 7.35. The molecule has 5 rings (SSSR count). The highest BCUT2D eigenvalue weighted by Gasteiger charge is 2.40. The molecule has 1 N–H and O–H groups in total. The normalized spacial score (nSPS) is 19.8. The van der Waals surface area contributed by atoms with Gasteiger partial charge in [-0.3, -0.25) is 19.8 Å². The summed E-state index contributed by atoms with van der Waals surface area (Å²) in [6.07, 6.45) is 10.1. The van der Waals surface area contributed by atoms with Crippen molar-refractivity contribution in [2.45, 2.75) is 84.6 Å². The number of hydrogen-bond acceptors (Lipinski definition) is 6. The van der Waals surface area contributed by atoms with Crippen molar-refractivity contribution < 1.29 is 23.9 Å². The van der Waals surface area contributed by atoms with Gasteiger partial charge in [0, 0.05) is 22.3 Å². The van der Waals surface area contributed by atoms with Crippen LogP contribution in [0.4, 0.5) is 4.79 Å². The van der Waals surface area contributed by atoms with E-state index in [0.29, 0.717) is 17.7 Å². The number of nitrogens with one attached hydrogen (secondary N) is 1. The smallest absolute Gasteiger partial charge is 0.341 e. The van der Waals surface area contributed by atoms with Crippen molar-refractivity contribution in [3.05, 3.63) is 44.6 Å². The number of fused-ring (bicyclic) bond motifs is 1. The number of carbonyl (C=O) groups is 4. The second kappa shape index (κ2) is 10.3. The number of ether oxygens (including phenoxy) is 1. The summed E-state index contributed by atoms with van der Waals surface area (Å²) in [6.45, 7) is 5.98. The number of nitrogens with zero attached hydrogens (tertiary/aromatic N) is 2. The second-order valence-electron chi connectivity index (χ2n) is 10.1. The number of rotatable bonds is 5. The zero-order valence-corrected chi connectivity index (χ0v) is 22.5. The van der Waals surface area contributed by atoms with Crippen LogP contribution in [0.3, 0.4) is 0 Å². The molecule has 37 heavy (non-hydrogen) atoms. The van der Waals surface area contributed by atoms with Gasteiger partial charge in [-0.25, -0.2) is 9.59 Å². The fraction of sp³-hybridized carbons (Fsp3) is 0.500. The molecule has 0 atom stereocenters. The van der Waals surface area contributed by atoms with E-state index in [1.807, 2.05) is 24.5 Å². The predicted octanol–water partition coefficient (Wildman–Crippen LogP) is 5.01. The quantitative estimate of drug-likeness (QED) is 0.338. The molecular weight excluding hydrogens is 490 g/mol. The van der Waals surface area contributed by atoms with Crippen LogP contribution >= 0.6 is 11.3 Å². The molecule has 196 valence electrons. The zero-order chi connectivity index (χ0) is 26.3. The lowest BCUT2D eigenvalue weighted by molar-refractivity contribution is -0.132. The summed E-state index contributed by atoms with van der Waals surface area (Å²) in [7, 11) is 0. The molecule has 2 fully saturated rings. The standard InChI is InChI=1S/C28H33N3O5S/c1-4-36-27(34)23-20-12-8-9-13-22(20)37-26(23)30-16(2)14-18(17(30)3)15-21-24(32)29-28(35)31(25(21)33)19-10-6-5-7-11-19/h14-15,19H,4-13H2,1-3H3,(H,29,32,35)/b21-15+. The first-order chi connectivity index (χ1) is 17.8. The van der Waals surface area contributed by atoms with Crippen LogP contribution in [0.5, 0.6) is 0 Å². The third-order valence-electron chi connectivity index (χ3n) is 7.68. The Morgan fingerprint density at radius 1 is 1.11 bits per heavy atom. The minimum Gasteiger partial charge on any atom is -0.462 e. The molecule has 8 nitrogen and oxygen atoms in total. The number of carbonyl (C=O) groups excluding carboxylic acids is 4. The van der Waals surface area contributed by atoms with Crippen molar-refractivity contribution >= 4 is 41.2 Å². The molecule has 1 aliphatic heterocycles. The molecule has 1 saturated carbocycles. The Morgan fingerprint density at radius 3 is 2.57 bits per heavy atom. The highest BCUT2D eigenvalue weighted by Crippen LogP contribution is 2.39. The van der Waals surface area contributed by atoms with E-state index < -0.39 is 17.8 Å². The molecule has 4 amide bonds. The summed E-state index contributed by atoms with van der Waals surface area (Å²) in [5.74, 6) is -1.53. The molecular formula is C28H33N3O5S. The van der Waals surface area contributed by atoms with Gasteiger partial charge in [-0.05, 0) is 82.6 Å². The Hall–Kier alpha value is -3.20. The molecule has 2 aromatic rings. The maximum absolute atomic E-state index is 13.4. The van der Waals surface area contributed by atoms with Crippen LogP contribution in [0.2, 0.25) is 0 Å². The number of imide groups is 2. The molecule has 0 radical (unpaired) electrons. The largest absolute Gasteiger partial charge is 0.462 e.